The molecule has 0 aliphatic heterocycles. The van der Waals surface area contributed by atoms with Gasteiger partial charge < -0.3 is 105 Å². The topological polar surface area (TPSA) is 512 Å². The molecule has 0 spiro atoms. The zero-order valence-corrected chi connectivity index (χ0v) is 81.8. The summed E-state index contributed by atoms with van der Waals surface area (Å²) < 4.78 is 30.0. The molecular formula is C120H108O30. The van der Waals surface area contributed by atoms with Gasteiger partial charge in [-0.15, -0.1) is 0 Å². The second-order valence-corrected chi connectivity index (χ2v) is 31.4. The van der Waals surface area contributed by atoms with Crippen molar-refractivity contribution in [2.24, 2.45) is 0 Å². The molecule has 0 radical (unpaired) electrons. The van der Waals surface area contributed by atoms with E-state index in [2.05, 4.69) is 0 Å². The number of hydrogen-bond donors (Lipinski definition) is 15. The van der Waals surface area contributed by atoms with Gasteiger partial charge in [-0.2, -0.15) is 0 Å². The number of rotatable bonds is 39. The molecule has 0 aliphatic rings. The van der Waals surface area contributed by atoms with Crippen LogP contribution in [0.15, 0.2) is 363 Å². The Balaban J connectivity index is 0.000000244. The van der Waals surface area contributed by atoms with Crippen molar-refractivity contribution in [1.82, 2.24) is 0 Å². The van der Waals surface area contributed by atoms with Crippen LogP contribution in [0.5, 0.6) is 103 Å². The monoisotopic (exact) mass is 2030 g/mol. The molecule has 0 saturated heterocycles. The van der Waals surface area contributed by atoms with Crippen LogP contribution in [0, 0.1) is 0 Å². The number of carbonyl (C=O) groups is 9. The number of hydrogen-bond acceptors (Lipinski definition) is 30. The minimum absolute atomic E-state index is 0.00662. The van der Waals surface area contributed by atoms with Crippen LogP contribution in [-0.4, -0.2) is 171 Å². The predicted molar refractivity (Wildman–Crippen MR) is 576 cm³/mol. The number of ketones is 9. The predicted octanol–water partition coefficient (Wildman–Crippen LogP) is 21.6. The van der Waals surface area contributed by atoms with Crippen LogP contribution in [0.2, 0.25) is 0 Å². The number of aromatic hydroxyl groups is 12. The maximum atomic E-state index is 11.9. The fraction of sp³-hybridized carbons (Fsp3) is 0.0750. The number of aliphatic hydroxyl groups is 3. The Morgan fingerprint density at radius 1 is 0.180 bits per heavy atom. The van der Waals surface area contributed by atoms with Crippen molar-refractivity contribution in [2.45, 2.75) is 19.3 Å². The largest absolute Gasteiger partial charge is 0.508 e. The standard InChI is InChI=1S/2C21H20O6.2C20H18O5.2C19H16O4/c2*1-26-20-11-14(5-9-18(20)24)3-7-16(22)13-17(23)8-4-15-6-10-19(25)21(12-15)27-2;2*1-25-20-12-15(6-11-19(20)24)5-10-18(23)13-17(22)9-4-14-2-7-16(21)8-3-14;2*20-16-7-1-14(2-8-16)5-11-18(22)13-19(23)12-6-15-3-9-17(21)10-4-15/h3-12,24-25H,13H2,1-2H3;3-13,22,24-25H,1-2H3;2-12,21,24H,13H2,1H3;2-13,21,23-24H,1H3;1-12,20-21H,13H2;1-13,20-22H/b7-3+,8-4+;7-3+,8-4+,16-13-;9-4+,10-5+;9-4+,10-5+,18-13?;11-5+,12-6+;11-5+,12-6+,18-13-. The fourth-order valence-corrected chi connectivity index (χ4v) is 12.1. The summed E-state index contributed by atoms with van der Waals surface area (Å²) in [6.07, 6.45) is 37.5. The normalized spacial score (nSPS) is 11.5. The Labute approximate surface area is 863 Å². The summed E-state index contributed by atoms with van der Waals surface area (Å²) in [7, 11) is 8.62. The van der Waals surface area contributed by atoms with Gasteiger partial charge in [0.25, 0.3) is 0 Å². The lowest BCUT2D eigenvalue weighted by molar-refractivity contribution is -0.123. The van der Waals surface area contributed by atoms with Crippen LogP contribution in [0.1, 0.15) is 86.0 Å². The molecule has 150 heavy (non-hydrogen) atoms. The van der Waals surface area contributed by atoms with Gasteiger partial charge in [-0.25, -0.2) is 0 Å². The first kappa shape index (κ1) is 117. The molecule has 0 atom stereocenters. The zero-order chi connectivity index (χ0) is 109. The number of aliphatic hydroxyl groups excluding tert-OH is 3. The molecule has 768 valence electrons. The number of phenolic OH excluding ortho intramolecular Hbond substituents is 12. The number of carbonyl (C=O) groups excluding carboxylic acids is 9. The summed E-state index contributed by atoms with van der Waals surface area (Å²) in [5.74, 6) is -0.817. The minimum Gasteiger partial charge on any atom is -0.508 e. The van der Waals surface area contributed by atoms with E-state index in [4.69, 9.17) is 43.7 Å². The van der Waals surface area contributed by atoms with E-state index in [1.807, 2.05) is 0 Å². The van der Waals surface area contributed by atoms with E-state index in [-0.39, 0.29) is 152 Å². The average molecular weight is 2030 g/mol. The van der Waals surface area contributed by atoms with Crippen molar-refractivity contribution in [3.63, 3.8) is 0 Å². The van der Waals surface area contributed by atoms with Crippen LogP contribution in [0.4, 0.5) is 0 Å². The number of allylic oxidation sites excluding steroid dienone is 15. The first-order valence-electron chi connectivity index (χ1n) is 45.0. The van der Waals surface area contributed by atoms with Gasteiger partial charge in [-0.1, -0.05) is 182 Å². The highest BCUT2D eigenvalue weighted by molar-refractivity contribution is 6.13. The lowest BCUT2D eigenvalue weighted by Gasteiger charge is -2.03. The summed E-state index contributed by atoms with van der Waals surface area (Å²) in [5, 5.41) is 142. The van der Waals surface area contributed by atoms with Crippen molar-refractivity contribution < 1.29 is 148 Å². The Morgan fingerprint density at radius 3 is 0.467 bits per heavy atom. The van der Waals surface area contributed by atoms with E-state index in [1.54, 1.807) is 219 Å². The molecule has 12 aromatic rings. The smallest absolute Gasteiger partial charge is 0.182 e. The highest BCUT2D eigenvalue weighted by Gasteiger charge is 2.13. The summed E-state index contributed by atoms with van der Waals surface area (Å²) in [6, 6.07) is 66.5. The van der Waals surface area contributed by atoms with Gasteiger partial charge in [-0.05, 0) is 285 Å². The molecule has 12 aromatic carbocycles. The van der Waals surface area contributed by atoms with Crippen molar-refractivity contribution in [1.29, 1.82) is 0 Å². The van der Waals surface area contributed by atoms with Gasteiger partial charge in [0, 0.05) is 18.2 Å². The molecule has 0 fully saturated rings. The quantitative estimate of drug-likeness (QED) is 0.00736. The summed E-state index contributed by atoms with van der Waals surface area (Å²) in [6.45, 7) is 0. The minimum atomic E-state index is -0.410. The van der Waals surface area contributed by atoms with E-state index >= 15 is 0 Å². The van der Waals surface area contributed by atoms with Crippen LogP contribution in [-0.2, 0) is 43.2 Å². The molecule has 12 rings (SSSR count). The highest BCUT2D eigenvalue weighted by Crippen LogP contribution is 2.33. The van der Waals surface area contributed by atoms with Crippen molar-refractivity contribution in [2.75, 3.05) is 42.7 Å². The molecule has 0 aromatic heterocycles. The average Bonchev–Trinajstić information content (AvgIpc) is 0.890. The van der Waals surface area contributed by atoms with Gasteiger partial charge >= 0.3 is 0 Å². The second kappa shape index (κ2) is 62.1. The van der Waals surface area contributed by atoms with Crippen molar-refractivity contribution in [3.8, 4) is 103 Å². The molecule has 30 heteroatoms. The Hall–Kier alpha value is -20.4. The van der Waals surface area contributed by atoms with Gasteiger partial charge in [0.15, 0.2) is 121 Å². The Kier molecular flexibility index (Phi) is 48.2. The number of phenols is 12. The maximum Gasteiger partial charge on any atom is 0.182 e. The molecule has 15 N–H and O–H groups in total. The third-order valence-corrected chi connectivity index (χ3v) is 19.9. The molecule has 0 heterocycles. The van der Waals surface area contributed by atoms with E-state index in [9.17, 15) is 104 Å². The molecule has 30 nitrogen and oxygen atoms in total. The fourth-order valence-electron chi connectivity index (χ4n) is 12.1. The third-order valence-electron chi connectivity index (χ3n) is 19.9. The van der Waals surface area contributed by atoms with Gasteiger partial charge in [-0.3, -0.25) is 43.2 Å². The van der Waals surface area contributed by atoms with Gasteiger partial charge in [0.05, 0.1) is 61.9 Å². The van der Waals surface area contributed by atoms with E-state index in [0.29, 0.717) is 67.9 Å². The van der Waals surface area contributed by atoms with Crippen molar-refractivity contribution in [3.05, 3.63) is 430 Å². The number of methoxy groups -OCH3 is 6. The first-order chi connectivity index (χ1) is 71.8. The Morgan fingerprint density at radius 2 is 0.307 bits per heavy atom. The number of ether oxygens (including phenoxy) is 6. The summed E-state index contributed by atoms with van der Waals surface area (Å²) in [4.78, 5) is 106. The molecule has 0 saturated carbocycles. The Bertz CT molecular complexity index is 7000. The molecule has 0 aliphatic carbocycles. The molecule has 0 unspecified atom stereocenters. The van der Waals surface area contributed by atoms with Crippen LogP contribution in [0.25, 0.3) is 72.9 Å². The molecular weight excluding hydrogens is 1920 g/mol. The van der Waals surface area contributed by atoms with Gasteiger partial charge in [0.1, 0.15) is 51.8 Å². The lowest BCUT2D eigenvalue weighted by atomic mass is 10.1. The number of benzene rings is 12. The summed E-state index contributed by atoms with van der Waals surface area (Å²) >= 11 is 0. The van der Waals surface area contributed by atoms with Crippen LogP contribution in [0.3, 0.4) is 0 Å². The molecule has 0 bridgehead atoms. The SMILES string of the molecule is COc1cc(/C=C/C(=O)/C=C(O)/C=C/c2ccc(O)c(OC)c2)ccc1O.COc1cc(/C=C/C(=O)CC(=O)/C=C/c2ccc(O)c(OC)c2)ccc1O.COc1cc(/C=C/C(=O)CC(=O)/C=C/c2ccc(O)cc2)ccc1O.COc1cc(/C=C/C(O)=CC(=O)/C=C/c2ccc(O)cc2)ccc1O.O=C(/C=C(O)/C=C/c1ccc(O)cc1)/C=C/c1ccc(O)cc1.O=C(/C=C/c1ccc(O)cc1)CC(=O)/C=C/c1ccc(O)cc1. The second-order valence-electron chi connectivity index (χ2n) is 31.4. The maximum absolute atomic E-state index is 11.9. The van der Waals surface area contributed by atoms with Gasteiger partial charge in [0.2, 0.25) is 0 Å². The van der Waals surface area contributed by atoms with E-state index in [0.717, 1.165) is 51.6 Å². The summed E-state index contributed by atoms with van der Waals surface area (Å²) in [5.41, 5.74) is 8.65. The van der Waals surface area contributed by atoms with Crippen LogP contribution < -0.4 is 28.4 Å². The van der Waals surface area contributed by atoms with E-state index < -0.39 is 5.78 Å². The van der Waals surface area contributed by atoms with Crippen LogP contribution >= 0.6 is 0 Å². The van der Waals surface area contributed by atoms with E-state index in [1.165, 1.54) is 225 Å². The first-order valence-corrected chi connectivity index (χ1v) is 45.0. The van der Waals surface area contributed by atoms with Crippen molar-refractivity contribution >= 4 is 125 Å². The molecule has 0 amide bonds. The highest BCUT2D eigenvalue weighted by atomic mass is 16.5. The third kappa shape index (κ3) is 44.8. The lowest BCUT2D eigenvalue weighted by Crippen LogP contribution is -2.01. The zero-order valence-electron chi connectivity index (χ0n) is 81.8.